The predicted molar refractivity (Wildman–Crippen MR) is 115 cm³/mol. The molecule has 5 heteroatoms. The second kappa shape index (κ2) is 8.57. The molecular weight excluding hydrogens is 368 g/mol. The summed E-state index contributed by atoms with van der Waals surface area (Å²) >= 11 is 1.69. The summed E-state index contributed by atoms with van der Waals surface area (Å²) < 4.78 is 5.49. The molecule has 0 unspecified atom stereocenters. The van der Waals surface area contributed by atoms with Crippen LogP contribution in [-0.4, -0.2) is 19.0 Å². The summed E-state index contributed by atoms with van der Waals surface area (Å²) in [6.07, 6.45) is 4.08. The number of carbonyl (C=O) groups is 1. The lowest BCUT2D eigenvalue weighted by atomic mass is 10.1. The van der Waals surface area contributed by atoms with Gasteiger partial charge in [-0.2, -0.15) is 0 Å². The van der Waals surface area contributed by atoms with Gasteiger partial charge < -0.3 is 14.6 Å². The van der Waals surface area contributed by atoms with Gasteiger partial charge in [0.2, 0.25) is 0 Å². The summed E-state index contributed by atoms with van der Waals surface area (Å²) in [4.78, 5) is 16.3. The number of aryl methyl sites for hydroxylation is 1. The van der Waals surface area contributed by atoms with Gasteiger partial charge in [0.25, 0.3) is 5.91 Å². The monoisotopic (exact) mass is 392 g/mol. The first-order valence-corrected chi connectivity index (χ1v) is 10.6. The minimum atomic E-state index is -0.206. The number of nitrogens with zero attached hydrogens (tertiary/aromatic N) is 1. The highest BCUT2D eigenvalue weighted by atomic mass is 32.2. The van der Waals surface area contributed by atoms with Crippen LogP contribution in [0.15, 0.2) is 70.2 Å². The van der Waals surface area contributed by atoms with Crippen LogP contribution in [0.3, 0.4) is 0 Å². The maximum atomic E-state index is 12.7. The van der Waals surface area contributed by atoms with E-state index in [1.54, 1.807) is 18.0 Å². The first kappa shape index (κ1) is 18.7. The zero-order chi connectivity index (χ0) is 19.3. The van der Waals surface area contributed by atoms with Gasteiger partial charge in [-0.15, -0.1) is 11.8 Å². The molecule has 1 N–H and O–H groups in total. The van der Waals surface area contributed by atoms with Gasteiger partial charge in [-0.1, -0.05) is 18.2 Å². The number of benzene rings is 2. The van der Waals surface area contributed by atoms with Crippen LogP contribution in [0, 0.1) is 6.92 Å². The molecule has 4 rings (SSSR count). The van der Waals surface area contributed by atoms with E-state index < -0.39 is 0 Å². The second-order valence-corrected chi connectivity index (χ2v) is 8.07. The van der Waals surface area contributed by atoms with Crippen molar-refractivity contribution in [2.24, 2.45) is 0 Å². The molecule has 0 radical (unpaired) electrons. The van der Waals surface area contributed by atoms with Crippen molar-refractivity contribution < 1.29 is 9.21 Å². The molecular formula is C23H24N2O2S. The number of rotatable bonds is 6. The van der Waals surface area contributed by atoms with Crippen molar-refractivity contribution in [1.82, 2.24) is 0 Å². The first-order valence-electron chi connectivity index (χ1n) is 9.62. The number of anilines is 2. The second-order valence-electron chi connectivity index (χ2n) is 7.03. The normalized spacial score (nSPS) is 13.7. The fraction of sp³-hybridized carbons (Fsp3) is 0.261. The van der Waals surface area contributed by atoms with Crippen LogP contribution < -0.4 is 10.2 Å². The fourth-order valence-corrected chi connectivity index (χ4v) is 4.46. The maximum absolute atomic E-state index is 12.7. The molecule has 0 bridgehead atoms. The van der Waals surface area contributed by atoms with Crippen LogP contribution in [-0.2, 0) is 5.75 Å². The molecule has 2 aromatic carbocycles. The maximum Gasteiger partial charge on any atom is 0.291 e. The van der Waals surface area contributed by atoms with E-state index in [1.807, 2.05) is 36.4 Å². The van der Waals surface area contributed by atoms with Gasteiger partial charge in [0, 0.05) is 40.7 Å². The van der Waals surface area contributed by atoms with E-state index in [0.29, 0.717) is 11.5 Å². The van der Waals surface area contributed by atoms with E-state index >= 15 is 0 Å². The van der Waals surface area contributed by atoms with Crippen molar-refractivity contribution in [3.8, 4) is 0 Å². The van der Waals surface area contributed by atoms with E-state index in [-0.39, 0.29) is 5.91 Å². The van der Waals surface area contributed by atoms with Crippen molar-refractivity contribution in [2.45, 2.75) is 30.4 Å². The predicted octanol–water partition coefficient (Wildman–Crippen LogP) is 5.73. The number of nitrogens with one attached hydrogen (secondary N) is 1. The van der Waals surface area contributed by atoms with E-state index in [2.05, 4.69) is 35.3 Å². The van der Waals surface area contributed by atoms with Gasteiger partial charge in [-0.05, 0) is 61.7 Å². The molecule has 28 heavy (non-hydrogen) atoms. The average molecular weight is 393 g/mol. The number of thioether (sulfide) groups is 1. The molecule has 1 amide bonds. The van der Waals surface area contributed by atoms with Crippen LogP contribution in [0.25, 0.3) is 0 Å². The van der Waals surface area contributed by atoms with Crippen LogP contribution in [0.5, 0.6) is 0 Å². The molecule has 0 aliphatic carbocycles. The molecule has 0 spiro atoms. The lowest BCUT2D eigenvalue weighted by Crippen LogP contribution is -2.19. The highest BCUT2D eigenvalue weighted by molar-refractivity contribution is 7.98. The summed E-state index contributed by atoms with van der Waals surface area (Å²) in [5.41, 5.74) is 4.13. The third-order valence-corrected chi connectivity index (χ3v) is 6.05. The summed E-state index contributed by atoms with van der Waals surface area (Å²) in [7, 11) is 0. The molecule has 1 aromatic heterocycles. The summed E-state index contributed by atoms with van der Waals surface area (Å²) in [6, 6.07) is 18.1. The molecule has 144 valence electrons. The zero-order valence-electron chi connectivity index (χ0n) is 16.0. The third-order valence-electron chi connectivity index (χ3n) is 4.99. The van der Waals surface area contributed by atoms with Crippen molar-refractivity contribution in [1.29, 1.82) is 0 Å². The van der Waals surface area contributed by atoms with Crippen molar-refractivity contribution in [3.63, 3.8) is 0 Å². The molecule has 1 aliphatic heterocycles. The van der Waals surface area contributed by atoms with E-state index in [4.69, 9.17) is 4.42 Å². The van der Waals surface area contributed by atoms with Gasteiger partial charge in [-0.3, -0.25) is 4.79 Å². The topological polar surface area (TPSA) is 45.5 Å². The molecule has 1 fully saturated rings. The number of furan rings is 1. The lowest BCUT2D eigenvalue weighted by Gasteiger charge is -2.20. The minimum absolute atomic E-state index is 0.206. The Morgan fingerprint density at radius 3 is 2.64 bits per heavy atom. The summed E-state index contributed by atoms with van der Waals surface area (Å²) in [5.74, 6) is 0.864. The van der Waals surface area contributed by atoms with Gasteiger partial charge in [0.15, 0.2) is 5.76 Å². The Hall–Kier alpha value is -2.66. The molecule has 3 aromatic rings. The lowest BCUT2D eigenvalue weighted by molar-refractivity contribution is 0.0996. The third kappa shape index (κ3) is 4.25. The molecule has 2 heterocycles. The SMILES string of the molecule is Cc1cc(NC(=O)c2occc2CSc2ccccc2)ccc1N1CCCC1. The Morgan fingerprint density at radius 2 is 1.89 bits per heavy atom. The Bertz CT molecular complexity index is 946. The quantitative estimate of drug-likeness (QED) is 0.544. The van der Waals surface area contributed by atoms with E-state index in [1.165, 1.54) is 29.0 Å². The van der Waals surface area contributed by atoms with Crippen LogP contribution in [0.2, 0.25) is 0 Å². The van der Waals surface area contributed by atoms with Crippen molar-refractivity contribution >= 4 is 29.0 Å². The highest BCUT2D eigenvalue weighted by Gasteiger charge is 2.18. The Labute approximate surface area is 169 Å². The standard InChI is InChI=1S/C23H24N2O2S/c1-17-15-19(9-10-21(17)25-12-5-6-13-25)24-23(26)22-18(11-14-27-22)16-28-20-7-3-2-4-8-20/h2-4,7-11,14-15H,5-6,12-13,16H2,1H3,(H,24,26). The van der Waals surface area contributed by atoms with Crippen molar-refractivity contribution in [3.05, 3.63) is 77.7 Å². The molecule has 0 atom stereocenters. The number of amides is 1. The van der Waals surface area contributed by atoms with Crippen LogP contribution >= 0.6 is 11.8 Å². The largest absolute Gasteiger partial charge is 0.459 e. The highest BCUT2D eigenvalue weighted by Crippen LogP contribution is 2.28. The number of carbonyl (C=O) groups excluding carboxylic acids is 1. The van der Waals surface area contributed by atoms with E-state index in [0.717, 1.165) is 24.3 Å². The van der Waals surface area contributed by atoms with Gasteiger partial charge >= 0.3 is 0 Å². The average Bonchev–Trinajstić information content (AvgIpc) is 3.39. The molecule has 1 aliphatic rings. The Morgan fingerprint density at radius 1 is 1.11 bits per heavy atom. The van der Waals surface area contributed by atoms with Gasteiger partial charge in [-0.25, -0.2) is 0 Å². The number of hydrogen-bond donors (Lipinski definition) is 1. The Balaban J connectivity index is 1.43. The van der Waals surface area contributed by atoms with E-state index in [9.17, 15) is 4.79 Å². The van der Waals surface area contributed by atoms with Gasteiger partial charge in [0.1, 0.15) is 0 Å². The van der Waals surface area contributed by atoms with Crippen LogP contribution in [0.4, 0.5) is 11.4 Å². The molecule has 4 nitrogen and oxygen atoms in total. The fourth-order valence-electron chi connectivity index (χ4n) is 3.56. The van der Waals surface area contributed by atoms with Crippen LogP contribution in [0.1, 0.15) is 34.5 Å². The molecule has 1 saturated heterocycles. The van der Waals surface area contributed by atoms with Crippen molar-refractivity contribution in [2.75, 3.05) is 23.3 Å². The van der Waals surface area contributed by atoms with Gasteiger partial charge in [0.05, 0.1) is 6.26 Å². The zero-order valence-corrected chi connectivity index (χ0v) is 16.8. The first-order chi connectivity index (χ1) is 13.7. The number of hydrogen-bond acceptors (Lipinski definition) is 4. The summed E-state index contributed by atoms with van der Waals surface area (Å²) in [5, 5.41) is 2.98. The molecule has 0 saturated carbocycles. The smallest absolute Gasteiger partial charge is 0.291 e. The minimum Gasteiger partial charge on any atom is -0.459 e. The Kier molecular flexibility index (Phi) is 5.72. The summed E-state index contributed by atoms with van der Waals surface area (Å²) in [6.45, 7) is 4.32.